The van der Waals surface area contributed by atoms with Gasteiger partial charge in [-0.15, -0.1) is 0 Å². The number of hydrogen-bond donors (Lipinski definition) is 1. The van der Waals surface area contributed by atoms with Crippen LogP contribution in [0.3, 0.4) is 0 Å². The maximum absolute atomic E-state index is 13.0. The number of aromatic nitrogens is 2. The lowest BCUT2D eigenvalue weighted by molar-refractivity contribution is -0.140. The van der Waals surface area contributed by atoms with Gasteiger partial charge in [0, 0.05) is 31.0 Å². The van der Waals surface area contributed by atoms with E-state index in [2.05, 4.69) is 4.98 Å². The summed E-state index contributed by atoms with van der Waals surface area (Å²) < 4.78 is 13.1. The van der Waals surface area contributed by atoms with Gasteiger partial charge in [-0.3, -0.25) is 9.59 Å². The first-order chi connectivity index (χ1) is 15.6. The summed E-state index contributed by atoms with van der Waals surface area (Å²) in [7, 11) is 0. The summed E-state index contributed by atoms with van der Waals surface area (Å²) in [6.07, 6.45) is 8.17. The number of aryl methyl sites for hydroxylation is 1. The molecule has 8 nitrogen and oxygen atoms in total. The maximum atomic E-state index is 13.0. The lowest BCUT2D eigenvalue weighted by atomic mass is 9.99. The van der Waals surface area contributed by atoms with Gasteiger partial charge >= 0.3 is 0 Å². The topological polar surface area (TPSA) is 97.8 Å². The van der Waals surface area contributed by atoms with Gasteiger partial charge in [-0.1, -0.05) is 19.1 Å². The molecule has 8 heteroatoms. The van der Waals surface area contributed by atoms with Crippen molar-refractivity contribution in [2.24, 2.45) is 0 Å². The van der Waals surface area contributed by atoms with Crippen LogP contribution in [0, 0.1) is 0 Å². The average molecular weight is 435 g/mol. The Morgan fingerprint density at radius 1 is 1.22 bits per heavy atom. The number of amides is 1. The third kappa shape index (κ3) is 4.30. The first-order valence-electron chi connectivity index (χ1n) is 10.6. The van der Waals surface area contributed by atoms with Gasteiger partial charge in [0.15, 0.2) is 0 Å². The first-order valence-corrected chi connectivity index (χ1v) is 10.6. The molecule has 0 spiro atoms. The van der Waals surface area contributed by atoms with Crippen LogP contribution in [0.15, 0.2) is 71.4 Å². The molecule has 0 aliphatic carbocycles. The highest BCUT2D eigenvalue weighted by molar-refractivity contribution is 6.46. The molecule has 1 aliphatic heterocycles. The van der Waals surface area contributed by atoms with E-state index in [1.165, 1.54) is 11.2 Å². The van der Waals surface area contributed by atoms with Gasteiger partial charge in [0.05, 0.1) is 24.8 Å². The smallest absolute Gasteiger partial charge is 0.295 e. The molecule has 0 radical (unpaired) electrons. The van der Waals surface area contributed by atoms with E-state index in [-0.39, 0.29) is 11.3 Å². The van der Waals surface area contributed by atoms with Crippen molar-refractivity contribution in [3.05, 3.63) is 78.3 Å². The highest BCUT2D eigenvalue weighted by atomic mass is 16.5. The number of aliphatic hydroxyl groups excluding tert-OH is 1. The highest BCUT2D eigenvalue weighted by Gasteiger charge is 2.47. The highest BCUT2D eigenvalue weighted by Crippen LogP contribution is 2.40. The second-order valence-corrected chi connectivity index (χ2v) is 7.54. The number of ketones is 1. The molecule has 166 valence electrons. The molecule has 1 amide bonds. The van der Waals surface area contributed by atoms with Crippen molar-refractivity contribution in [1.29, 1.82) is 0 Å². The SMILES string of the molecule is CCCOc1cccc(/C(O)=C2/C(=O)C(=O)N(CCCn3ccnc3)C2c2ccco2)c1. The summed E-state index contributed by atoms with van der Waals surface area (Å²) in [4.78, 5) is 31.4. The number of Topliss-reactive ketones (excluding diaryl/α,β-unsaturated/α-hetero) is 1. The summed E-state index contributed by atoms with van der Waals surface area (Å²) in [5.41, 5.74) is 0.423. The van der Waals surface area contributed by atoms with Gasteiger partial charge in [0.25, 0.3) is 11.7 Å². The van der Waals surface area contributed by atoms with Gasteiger partial charge in [0.2, 0.25) is 0 Å². The minimum Gasteiger partial charge on any atom is -0.507 e. The Labute approximate surface area is 185 Å². The number of nitrogens with zero attached hydrogens (tertiary/aromatic N) is 3. The van der Waals surface area contributed by atoms with Crippen molar-refractivity contribution in [2.75, 3.05) is 13.2 Å². The van der Waals surface area contributed by atoms with Gasteiger partial charge < -0.3 is 23.7 Å². The van der Waals surface area contributed by atoms with Crippen molar-refractivity contribution in [3.8, 4) is 5.75 Å². The normalized spacial score (nSPS) is 17.8. The van der Waals surface area contributed by atoms with E-state index < -0.39 is 17.7 Å². The molecular formula is C24H25N3O5. The summed E-state index contributed by atoms with van der Waals surface area (Å²) >= 11 is 0. The van der Waals surface area contributed by atoms with E-state index in [1.54, 1.807) is 48.9 Å². The van der Waals surface area contributed by atoms with Crippen molar-refractivity contribution < 1.29 is 23.8 Å². The monoisotopic (exact) mass is 435 g/mol. The quantitative estimate of drug-likeness (QED) is 0.312. The Hall–Kier alpha value is -3.81. The molecule has 4 rings (SSSR count). The number of ether oxygens (including phenoxy) is 1. The maximum Gasteiger partial charge on any atom is 0.295 e. The molecule has 1 N–H and O–H groups in total. The Kier molecular flexibility index (Phi) is 6.39. The third-order valence-electron chi connectivity index (χ3n) is 5.31. The van der Waals surface area contributed by atoms with Crippen molar-refractivity contribution in [2.45, 2.75) is 32.4 Å². The Balaban J connectivity index is 1.66. The zero-order chi connectivity index (χ0) is 22.5. The van der Waals surface area contributed by atoms with E-state index in [4.69, 9.17) is 9.15 Å². The molecular weight excluding hydrogens is 410 g/mol. The molecule has 1 aromatic carbocycles. The van der Waals surface area contributed by atoms with Crippen LogP contribution >= 0.6 is 0 Å². The zero-order valence-electron chi connectivity index (χ0n) is 17.8. The molecule has 1 unspecified atom stereocenters. The third-order valence-corrected chi connectivity index (χ3v) is 5.31. The molecule has 3 heterocycles. The fourth-order valence-electron chi connectivity index (χ4n) is 3.80. The fraction of sp³-hybridized carbons (Fsp3) is 0.292. The van der Waals surface area contributed by atoms with E-state index >= 15 is 0 Å². The molecule has 32 heavy (non-hydrogen) atoms. The van der Waals surface area contributed by atoms with Crippen LogP contribution in [0.1, 0.15) is 37.1 Å². The second-order valence-electron chi connectivity index (χ2n) is 7.54. The minimum absolute atomic E-state index is 0.0141. The molecule has 3 aromatic rings. The molecule has 0 saturated carbocycles. The fourth-order valence-corrected chi connectivity index (χ4v) is 3.80. The summed E-state index contributed by atoms with van der Waals surface area (Å²) in [6.45, 7) is 3.51. The van der Waals surface area contributed by atoms with Gasteiger partial charge in [-0.05, 0) is 37.1 Å². The second kappa shape index (κ2) is 9.55. The largest absolute Gasteiger partial charge is 0.507 e. The molecule has 1 atom stereocenters. The number of aliphatic hydroxyl groups is 1. The first kappa shape index (κ1) is 21.4. The van der Waals surface area contributed by atoms with E-state index in [0.29, 0.717) is 43.2 Å². The van der Waals surface area contributed by atoms with Gasteiger partial charge in [0.1, 0.15) is 23.3 Å². The van der Waals surface area contributed by atoms with Crippen LogP contribution in [0.2, 0.25) is 0 Å². The minimum atomic E-state index is -0.798. The Bertz CT molecular complexity index is 1100. The number of carbonyl (C=O) groups is 2. The number of imidazole rings is 1. The average Bonchev–Trinajstić information content (AvgIpc) is 3.56. The molecule has 2 aromatic heterocycles. The zero-order valence-corrected chi connectivity index (χ0v) is 17.8. The molecule has 1 saturated heterocycles. The summed E-state index contributed by atoms with van der Waals surface area (Å²) in [5.74, 6) is -0.626. The van der Waals surface area contributed by atoms with E-state index in [0.717, 1.165) is 6.42 Å². The van der Waals surface area contributed by atoms with Crippen LogP contribution in [0.5, 0.6) is 5.75 Å². The number of hydrogen-bond acceptors (Lipinski definition) is 6. The standard InChI is InChI=1S/C24H25N3O5/c1-2-13-31-18-7-3-6-17(15-18)22(28)20-21(19-8-4-14-32-19)27(24(30)23(20)29)11-5-10-26-12-9-25-16-26/h3-4,6-9,12,14-16,21,28H,2,5,10-11,13H2,1H3/b22-20-. The van der Waals surface area contributed by atoms with Crippen LogP contribution < -0.4 is 4.74 Å². The van der Waals surface area contributed by atoms with E-state index in [1.807, 2.05) is 17.7 Å². The van der Waals surface area contributed by atoms with Crippen LogP contribution in [-0.2, 0) is 16.1 Å². The Morgan fingerprint density at radius 3 is 2.81 bits per heavy atom. The van der Waals surface area contributed by atoms with Crippen LogP contribution in [0.25, 0.3) is 5.76 Å². The molecule has 1 aliphatic rings. The Morgan fingerprint density at radius 2 is 2.09 bits per heavy atom. The number of likely N-dealkylation sites (tertiary alicyclic amines) is 1. The van der Waals surface area contributed by atoms with Gasteiger partial charge in [-0.25, -0.2) is 4.98 Å². The molecule has 0 bridgehead atoms. The predicted molar refractivity (Wildman–Crippen MR) is 117 cm³/mol. The van der Waals surface area contributed by atoms with Gasteiger partial charge in [-0.2, -0.15) is 0 Å². The van der Waals surface area contributed by atoms with Crippen molar-refractivity contribution >= 4 is 17.4 Å². The summed E-state index contributed by atoms with van der Waals surface area (Å²) in [6, 6.07) is 9.46. The predicted octanol–water partition coefficient (Wildman–Crippen LogP) is 3.78. The number of rotatable bonds is 9. The summed E-state index contributed by atoms with van der Waals surface area (Å²) in [5, 5.41) is 11.1. The number of furan rings is 1. The van der Waals surface area contributed by atoms with Crippen LogP contribution in [-0.4, -0.2) is 44.4 Å². The lowest BCUT2D eigenvalue weighted by Gasteiger charge is -2.23. The lowest BCUT2D eigenvalue weighted by Crippen LogP contribution is -2.31. The number of benzene rings is 1. The van der Waals surface area contributed by atoms with E-state index in [9.17, 15) is 14.7 Å². The van der Waals surface area contributed by atoms with Crippen molar-refractivity contribution in [1.82, 2.24) is 14.5 Å². The van der Waals surface area contributed by atoms with Crippen molar-refractivity contribution in [3.63, 3.8) is 0 Å². The molecule has 1 fully saturated rings. The van der Waals surface area contributed by atoms with Crippen LogP contribution in [0.4, 0.5) is 0 Å². The number of carbonyl (C=O) groups excluding carboxylic acids is 2.